The van der Waals surface area contributed by atoms with Gasteiger partial charge in [0.2, 0.25) is 5.91 Å². The van der Waals surface area contributed by atoms with Gasteiger partial charge in [-0.15, -0.1) is 0 Å². The van der Waals surface area contributed by atoms with Crippen molar-refractivity contribution < 1.29 is 9.53 Å². The average molecular weight is 232 g/mol. The van der Waals surface area contributed by atoms with Crippen LogP contribution in [0.3, 0.4) is 0 Å². The lowest BCUT2D eigenvalue weighted by atomic mass is 10.1. The zero-order chi connectivity index (χ0) is 12.8. The van der Waals surface area contributed by atoms with Gasteiger partial charge in [-0.3, -0.25) is 4.79 Å². The summed E-state index contributed by atoms with van der Waals surface area (Å²) in [5, 5.41) is 11.2. The molecule has 17 heavy (non-hydrogen) atoms. The van der Waals surface area contributed by atoms with Crippen LogP contribution in [0.25, 0.3) is 0 Å². The maximum Gasteiger partial charge on any atom is 0.225 e. The molecule has 0 aliphatic carbocycles. The van der Waals surface area contributed by atoms with Gasteiger partial charge in [-0.2, -0.15) is 5.26 Å². The molecule has 0 spiro atoms. The van der Waals surface area contributed by atoms with Crippen LogP contribution in [-0.4, -0.2) is 13.0 Å². The fourth-order valence-electron chi connectivity index (χ4n) is 1.53. The highest BCUT2D eigenvalue weighted by atomic mass is 16.5. The predicted molar refractivity (Wildman–Crippen MR) is 65.9 cm³/mol. The lowest BCUT2D eigenvalue weighted by molar-refractivity contribution is -0.116. The molecule has 1 amide bonds. The number of rotatable bonds is 4. The highest BCUT2D eigenvalue weighted by Crippen LogP contribution is 2.27. The molecule has 90 valence electrons. The Balaban J connectivity index is 2.83. The van der Waals surface area contributed by atoms with Crippen LogP contribution in [0.1, 0.15) is 24.0 Å². The van der Waals surface area contributed by atoms with Crippen molar-refractivity contribution in [1.82, 2.24) is 0 Å². The molecule has 0 aliphatic rings. The summed E-state index contributed by atoms with van der Waals surface area (Å²) in [6, 6.07) is 5.58. The summed E-state index contributed by atoms with van der Waals surface area (Å²) in [5.41, 5.74) is 2.76. The van der Waals surface area contributed by atoms with Gasteiger partial charge in [0.25, 0.3) is 0 Å². The molecule has 0 atom stereocenters. The molecule has 0 unspecified atom stereocenters. The van der Waals surface area contributed by atoms with Crippen molar-refractivity contribution in [2.24, 2.45) is 0 Å². The fraction of sp³-hybridized carbons (Fsp3) is 0.385. The van der Waals surface area contributed by atoms with Crippen molar-refractivity contribution in [2.45, 2.75) is 26.7 Å². The van der Waals surface area contributed by atoms with Gasteiger partial charge in [-0.25, -0.2) is 0 Å². The first kappa shape index (κ1) is 13.0. The van der Waals surface area contributed by atoms with Gasteiger partial charge in [0, 0.05) is 18.5 Å². The van der Waals surface area contributed by atoms with E-state index in [0.29, 0.717) is 0 Å². The number of nitrogens with one attached hydrogen (secondary N) is 1. The molecule has 0 bridgehead atoms. The number of hydrogen-bond donors (Lipinski definition) is 1. The first-order chi connectivity index (χ1) is 8.10. The molecule has 1 N–H and O–H groups in total. The lowest BCUT2D eigenvalue weighted by Crippen LogP contribution is -2.12. The van der Waals surface area contributed by atoms with Crippen molar-refractivity contribution in [3.05, 3.63) is 23.3 Å². The van der Waals surface area contributed by atoms with E-state index in [1.807, 2.05) is 32.0 Å². The van der Waals surface area contributed by atoms with Crippen LogP contribution in [0.15, 0.2) is 12.1 Å². The van der Waals surface area contributed by atoms with Crippen LogP contribution < -0.4 is 10.1 Å². The number of nitriles is 1. The average Bonchev–Trinajstić information content (AvgIpc) is 2.33. The minimum atomic E-state index is -0.140. The van der Waals surface area contributed by atoms with Crippen LogP contribution in [0.2, 0.25) is 0 Å². The Bertz CT molecular complexity index is 461. The quantitative estimate of drug-likeness (QED) is 0.867. The summed E-state index contributed by atoms with van der Waals surface area (Å²) < 4.78 is 5.19. The summed E-state index contributed by atoms with van der Waals surface area (Å²) in [7, 11) is 1.62. The first-order valence-corrected chi connectivity index (χ1v) is 5.41. The molecule has 4 nitrogen and oxygen atoms in total. The maximum atomic E-state index is 11.5. The number of ether oxygens (including phenoxy) is 1. The van der Waals surface area contributed by atoms with Crippen LogP contribution in [0.4, 0.5) is 5.69 Å². The monoisotopic (exact) mass is 232 g/mol. The third-order valence-corrected chi connectivity index (χ3v) is 2.70. The second kappa shape index (κ2) is 5.90. The number of carbonyl (C=O) groups is 1. The minimum Gasteiger partial charge on any atom is -0.496 e. The van der Waals surface area contributed by atoms with E-state index < -0.39 is 0 Å². The molecule has 0 aliphatic heterocycles. The Kier molecular flexibility index (Phi) is 4.53. The molecule has 0 saturated carbocycles. The van der Waals surface area contributed by atoms with E-state index in [1.165, 1.54) is 0 Å². The number of anilines is 1. The SMILES string of the molecule is COc1ccc(NC(=O)CCC#N)c(C)c1C. The molecular weight excluding hydrogens is 216 g/mol. The number of nitrogens with zero attached hydrogens (tertiary/aromatic N) is 1. The molecule has 4 heteroatoms. The van der Waals surface area contributed by atoms with Crippen molar-refractivity contribution in [2.75, 3.05) is 12.4 Å². The van der Waals surface area contributed by atoms with Gasteiger partial charge < -0.3 is 10.1 Å². The van der Waals surface area contributed by atoms with Gasteiger partial charge in [-0.05, 0) is 37.1 Å². The summed E-state index contributed by atoms with van der Waals surface area (Å²) >= 11 is 0. The van der Waals surface area contributed by atoms with Gasteiger partial charge in [0.05, 0.1) is 13.2 Å². The highest BCUT2D eigenvalue weighted by Gasteiger charge is 2.09. The van der Waals surface area contributed by atoms with E-state index in [9.17, 15) is 4.79 Å². The smallest absolute Gasteiger partial charge is 0.225 e. The van der Waals surface area contributed by atoms with E-state index in [2.05, 4.69) is 5.32 Å². The number of hydrogen-bond acceptors (Lipinski definition) is 3. The third kappa shape index (κ3) is 3.22. The standard InChI is InChI=1S/C13H16N2O2/c1-9-10(2)12(17-3)7-6-11(9)15-13(16)5-4-8-14/h6-7H,4-5H2,1-3H3,(H,15,16). The summed E-state index contributed by atoms with van der Waals surface area (Å²) in [4.78, 5) is 11.5. The Morgan fingerprint density at radius 3 is 2.71 bits per heavy atom. The van der Waals surface area contributed by atoms with Crippen LogP contribution in [0.5, 0.6) is 5.75 Å². The molecule has 0 aromatic heterocycles. The number of carbonyl (C=O) groups excluding carboxylic acids is 1. The summed E-state index contributed by atoms with van der Waals surface area (Å²) in [6.07, 6.45) is 0.459. The predicted octanol–water partition coefficient (Wildman–Crippen LogP) is 2.55. The van der Waals surface area contributed by atoms with Crippen LogP contribution >= 0.6 is 0 Å². The van der Waals surface area contributed by atoms with Crippen LogP contribution in [0, 0.1) is 25.2 Å². The highest BCUT2D eigenvalue weighted by molar-refractivity contribution is 5.91. The molecule has 1 aromatic rings. The summed E-state index contributed by atoms with van der Waals surface area (Å²) in [5.74, 6) is 0.664. The molecule has 1 aromatic carbocycles. The van der Waals surface area contributed by atoms with E-state index in [-0.39, 0.29) is 18.7 Å². The third-order valence-electron chi connectivity index (χ3n) is 2.70. The van der Waals surface area contributed by atoms with E-state index in [1.54, 1.807) is 7.11 Å². The van der Waals surface area contributed by atoms with Gasteiger partial charge >= 0.3 is 0 Å². The first-order valence-electron chi connectivity index (χ1n) is 5.41. The Morgan fingerprint density at radius 1 is 1.41 bits per heavy atom. The number of amides is 1. The molecule has 0 fully saturated rings. The Labute approximate surface area is 101 Å². The van der Waals surface area contributed by atoms with E-state index >= 15 is 0 Å². The normalized spacial score (nSPS) is 9.53. The summed E-state index contributed by atoms with van der Waals surface area (Å²) in [6.45, 7) is 3.87. The van der Waals surface area contributed by atoms with Crippen molar-refractivity contribution in [3.8, 4) is 11.8 Å². The minimum absolute atomic E-state index is 0.140. The van der Waals surface area contributed by atoms with E-state index in [0.717, 1.165) is 22.6 Å². The zero-order valence-electron chi connectivity index (χ0n) is 10.3. The molecule has 0 radical (unpaired) electrons. The maximum absolute atomic E-state index is 11.5. The second-order valence-corrected chi connectivity index (χ2v) is 3.77. The van der Waals surface area contributed by atoms with Crippen molar-refractivity contribution >= 4 is 11.6 Å². The Morgan fingerprint density at radius 2 is 2.12 bits per heavy atom. The van der Waals surface area contributed by atoms with Gasteiger partial charge in [-0.1, -0.05) is 0 Å². The molecule has 0 saturated heterocycles. The fourth-order valence-corrected chi connectivity index (χ4v) is 1.53. The lowest BCUT2D eigenvalue weighted by Gasteiger charge is -2.13. The van der Waals surface area contributed by atoms with Crippen LogP contribution in [-0.2, 0) is 4.79 Å². The number of methoxy groups -OCH3 is 1. The largest absolute Gasteiger partial charge is 0.496 e. The molecule has 1 rings (SSSR count). The Hall–Kier alpha value is -2.02. The topological polar surface area (TPSA) is 62.1 Å². The van der Waals surface area contributed by atoms with E-state index in [4.69, 9.17) is 10.00 Å². The van der Waals surface area contributed by atoms with Crippen molar-refractivity contribution in [3.63, 3.8) is 0 Å². The zero-order valence-corrected chi connectivity index (χ0v) is 10.3. The van der Waals surface area contributed by atoms with Gasteiger partial charge in [0.1, 0.15) is 5.75 Å². The molecular formula is C13H16N2O2. The van der Waals surface area contributed by atoms with Crippen molar-refractivity contribution in [1.29, 1.82) is 5.26 Å². The van der Waals surface area contributed by atoms with Gasteiger partial charge in [0.15, 0.2) is 0 Å². The second-order valence-electron chi connectivity index (χ2n) is 3.77. The molecule has 0 heterocycles. The number of benzene rings is 1.